The fourth-order valence-electron chi connectivity index (χ4n) is 3.81. The summed E-state index contributed by atoms with van der Waals surface area (Å²) in [6, 6.07) is 1.23. The SMILES string of the molecule is Cn1c(=O)ccn(CC(=O)N2C[C@@H]3CCC[C@@]3(C(=O)O)C2)c1=O. The molecule has 1 aromatic rings. The van der Waals surface area contributed by atoms with Gasteiger partial charge in [0.2, 0.25) is 5.91 Å². The number of hydrogen-bond donors (Lipinski definition) is 1. The highest BCUT2D eigenvalue weighted by atomic mass is 16.4. The Morgan fingerprint density at radius 1 is 1.39 bits per heavy atom. The van der Waals surface area contributed by atoms with Crippen LogP contribution in [-0.2, 0) is 23.2 Å². The number of aromatic nitrogens is 2. The van der Waals surface area contributed by atoms with Crippen LogP contribution in [-0.4, -0.2) is 44.1 Å². The standard InChI is InChI=1S/C15H19N3O5/c1-16-11(19)4-6-17(14(16)23)8-12(20)18-7-10-3-2-5-15(10,9-18)13(21)22/h4,6,10H,2-3,5,7-9H2,1H3,(H,21,22)/t10-,15+/m0/s1. The summed E-state index contributed by atoms with van der Waals surface area (Å²) in [5.74, 6) is -1.14. The molecule has 0 unspecified atom stereocenters. The zero-order chi connectivity index (χ0) is 16.8. The second kappa shape index (κ2) is 5.36. The molecule has 2 heterocycles. The molecule has 3 rings (SSSR count). The molecule has 2 aliphatic rings. The Labute approximate surface area is 131 Å². The van der Waals surface area contributed by atoms with E-state index >= 15 is 0 Å². The van der Waals surface area contributed by atoms with Crippen molar-refractivity contribution in [3.63, 3.8) is 0 Å². The normalized spacial score (nSPS) is 26.3. The predicted molar refractivity (Wildman–Crippen MR) is 79.9 cm³/mol. The van der Waals surface area contributed by atoms with Crippen LogP contribution in [0.4, 0.5) is 0 Å². The molecule has 1 amide bonds. The van der Waals surface area contributed by atoms with E-state index in [4.69, 9.17) is 0 Å². The van der Waals surface area contributed by atoms with Crippen LogP contribution in [0.1, 0.15) is 19.3 Å². The summed E-state index contributed by atoms with van der Waals surface area (Å²) in [5, 5.41) is 9.54. The molecule has 1 N–H and O–H groups in total. The van der Waals surface area contributed by atoms with Crippen LogP contribution in [0.2, 0.25) is 0 Å². The fourth-order valence-corrected chi connectivity index (χ4v) is 3.81. The molecule has 0 radical (unpaired) electrons. The molecule has 0 bridgehead atoms. The second-order valence-electron chi connectivity index (χ2n) is 6.45. The third-order valence-electron chi connectivity index (χ3n) is 5.22. The first-order valence-electron chi connectivity index (χ1n) is 7.63. The van der Waals surface area contributed by atoms with Crippen molar-refractivity contribution in [2.75, 3.05) is 13.1 Å². The molecule has 0 spiro atoms. The van der Waals surface area contributed by atoms with Gasteiger partial charge in [0.25, 0.3) is 5.56 Å². The van der Waals surface area contributed by atoms with Crippen LogP contribution in [0.25, 0.3) is 0 Å². The van der Waals surface area contributed by atoms with Crippen molar-refractivity contribution in [1.29, 1.82) is 0 Å². The first kappa shape index (κ1) is 15.5. The van der Waals surface area contributed by atoms with Crippen LogP contribution in [0.3, 0.4) is 0 Å². The van der Waals surface area contributed by atoms with Crippen molar-refractivity contribution in [3.05, 3.63) is 33.1 Å². The number of aliphatic carboxylic acids is 1. The van der Waals surface area contributed by atoms with E-state index in [2.05, 4.69) is 0 Å². The van der Waals surface area contributed by atoms with Gasteiger partial charge in [0.05, 0.1) is 5.41 Å². The van der Waals surface area contributed by atoms with Gasteiger partial charge >= 0.3 is 11.7 Å². The minimum atomic E-state index is -0.838. The van der Waals surface area contributed by atoms with Crippen LogP contribution in [0.15, 0.2) is 21.9 Å². The fraction of sp³-hybridized carbons (Fsp3) is 0.600. The average Bonchev–Trinajstić information content (AvgIpc) is 3.06. The van der Waals surface area contributed by atoms with E-state index in [1.54, 1.807) is 0 Å². The lowest BCUT2D eigenvalue weighted by atomic mass is 9.81. The number of carbonyl (C=O) groups excluding carboxylic acids is 1. The summed E-state index contributed by atoms with van der Waals surface area (Å²) in [4.78, 5) is 49.0. The van der Waals surface area contributed by atoms with Crippen molar-refractivity contribution in [3.8, 4) is 0 Å². The Morgan fingerprint density at radius 3 is 2.78 bits per heavy atom. The molecule has 23 heavy (non-hydrogen) atoms. The number of carbonyl (C=O) groups is 2. The van der Waals surface area contributed by atoms with Gasteiger partial charge in [0, 0.05) is 32.4 Å². The molecule has 1 saturated heterocycles. The zero-order valence-corrected chi connectivity index (χ0v) is 12.9. The number of carboxylic acid groups (broad SMARTS) is 1. The maximum absolute atomic E-state index is 12.4. The number of hydrogen-bond acceptors (Lipinski definition) is 4. The second-order valence-corrected chi connectivity index (χ2v) is 6.45. The molecule has 8 nitrogen and oxygen atoms in total. The molecule has 1 saturated carbocycles. The maximum atomic E-state index is 12.4. The van der Waals surface area contributed by atoms with E-state index in [0.717, 1.165) is 17.4 Å². The number of amides is 1. The highest BCUT2D eigenvalue weighted by Crippen LogP contribution is 2.48. The van der Waals surface area contributed by atoms with Gasteiger partial charge in [-0.05, 0) is 18.8 Å². The molecular formula is C15H19N3O5. The lowest BCUT2D eigenvalue weighted by Crippen LogP contribution is -2.42. The zero-order valence-electron chi connectivity index (χ0n) is 12.9. The van der Waals surface area contributed by atoms with Crippen molar-refractivity contribution in [1.82, 2.24) is 14.0 Å². The van der Waals surface area contributed by atoms with Gasteiger partial charge in [0.1, 0.15) is 6.54 Å². The van der Waals surface area contributed by atoms with Crippen LogP contribution in [0, 0.1) is 11.3 Å². The molecule has 0 aromatic carbocycles. The molecule has 1 aliphatic carbocycles. The quantitative estimate of drug-likeness (QED) is 0.790. The molecular weight excluding hydrogens is 302 g/mol. The summed E-state index contributed by atoms with van der Waals surface area (Å²) in [5.41, 5.74) is -1.82. The lowest BCUT2D eigenvalue weighted by Gasteiger charge is -2.23. The first-order chi connectivity index (χ1) is 10.8. The lowest BCUT2D eigenvalue weighted by molar-refractivity contribution is -0.149. The number of rotatable bonds is 3. The van der Waals surface area contributed by atoms with E-state index in [1.807, 2.05) is 0 Å². The van der Waals surface area contributed by atoms with Gasteiger partial charge in [-0.25, -0.2) is 4.79 Å². The molecule has 8 heteroatoms. The van der Waals surface area contributed by atoms with Gasteiger partial charge in [-0.3, -0.25) is 23.5 Å². The van der Waals surface area contributed by atoms with Crippen molar-refractivity contribution >= 4 is 11.9 Å². The molecule has 2 atom stereocenters. The van der Waals surface area contributed by atoms with Crippen molar-refractivity contribution < 1.29 is 14.7 Å². The Morgan fingerprint density at radius 2 is 2.13 bits per heavy atom. The molecule has 1 aliphatic heterocycles. The minimum absolute atomic E-state index is 0.0131. The largest absolute Gasteiger partial charge is 0.481 e. The van der Waals surface area contributed by atoms with E-state index in [1.165, 1.54) is 28.8 Å². The van der Waals surface area contributed by atoms with E-state index in [0.29, 0.717) is 13.0 Å². The van der Waals surface area contributed by atoms with E-state index in [-0.39, 0.29) is 24.9 Å². The molecule has 1 aromatic heterocycles. The average molecular weight is 321 g/mol. The first-order valence-corrected chi connectivity index (χ1v) is 7.63. The summed E-state index contributed by atoms with van der Waals surface area (Å²) < 4.78 is 2.11. The Kier molecular flexibility index (Phi) is 3.62. The monoisotopic (exact) mass is 321 g/mol. The predicted octanol–water partition coefficient (Wildman–Crippen LogP) is -0.740. The van der Waals surface area contributed by atoms with Crippen LogP contribution < -0.4 is 11.2 Å². The summed E-state index contributed by atoms with van der Waals surface area (Å²) in [7, 11) is 1.35. The number of likely N-dealkylation sites (tertiary alicyclic amines) is 1. The van der Waals surface area contributed by atoms with Gasteiger partial charge in [-0.1, -0.05) is 6.42 Å². The van der Waals surface area contributed by atoms with Gasteiger partial charge in [0.15, 0.2) is 0 Å². The third kappa shape index (κ3) is 2.38. The Hall–Kier alpha value is -2.38. The molecule has 124 valence electrons. The summed E-state index contributed by atoms with van der Waals surface area (Å²) >= 11 is 0. The summed E-state index contributed by atoms with van der Waals surface area (Å²) in [6.45, 7) is 0.438. The van der Waals surface area contributed by atoms with Crippen molar-refractivity contribution in [2.24, 2.45) is 18.4 Å². The van der Waals surface area contributed by atoms with E-state index < -0.39 is 22.6 Å². The van der Waals surface area contributed by atoms with Gasteiger partial charge in [-0.15, -0.1) is 0 Å². The van der Waals surface area contributed by atoms with E-state index in [9.17, 15) is 24.3 Å². The Balaban J connectivity index is 1.78. The maximum Gasteiger partial charge on any atom is 0.331 e. The minimum Gasteiger partial charge on any atom is -0.481 e. The number of carboxylic acids is 1. The Bertz CT molecular complexity index is 780. The third-order valence-corrected chi connectivity index (χ3v) is 5.22. The van der Waals surface area contributed by atoms with Gasteiger partial charge in [-0.2, -0.15) is 0 Å². The highest BCUT2D eigenvalue weighted by Gasteiger charge is 2.55. The highest BCUT2D eigenvalue weighted by molar-refractivity contribution is 5.81. The number of fused-ring (bicyclic) bond motifs is 1. The van der Waals surface area contributed by atoms with Gasteiger partial charge < -0.3 is 10.0 Å². The van der Waals surface area contributed by atoms with Crippen LogP contribution in [0.5, 0.6) is 0 Å². The number of nitrogens with zero attached hydrogens (tertiary/aromatic N) is 3. The topological polar surface area (TPSA) is 102 Å². The van der Waals surface area contributed by atoms with Crippen molar-refractivity contribution in [2.45, 2.75) is 25.8 Å². The molecule has 2 fully saturated rings. The smallest absolute Gasteiger partial charge is 0.331 e. The van der Waals surface area contributed by atoms with Crippen LogP contribution >= 0.6 is 0 Å². The summed E-state index contributed by atoms with van der Waals surface area (Å²) in [6.07, 6.45) is 3.58.